The minimum absolute atomic E-state index is 0.0644. The van der Waals surface area contributed by atoms with Gasteiger partial charge in [-0.25, -0.2) is 0 Å². The van der Waals surface area contributed by atoms with E-state index < -0.39 is 16.2 Å². The Bertz CT molecular complexity index is 907. The van der Waals surface area contributed by atoms with Crippen molar-refractivity contribution >= 4 is 10.1 Å². The molecule has 28 heavy (non-hydrogen) atoms. The predicted octanol–water partition coefficient (Wildman–Crippen LogP) is 2.92. The van der Waals surface area contributed by atoms with Gasteiger partial charge in [-0.05, 0) is 31.5 Å². The second kappa shape index (κ2) is 8.21. The maximum Gasteiger partial charge on any atom is 0.297 e. The fraction of sp³-hybridized carbons (Fsp3) is 0.429. The fourth-order valence-corrected chi connectivity index (χ4v) is 4.78. The summed E-state index contributed by atoms with van der Waals surface area (Å²) in [5.41, 5.74) is 1.77. The SMILES string of the molecule is Cc1ccc(S(=O)(=O)O[C@H]2C[C@H](N3CCOCC3)COc3ccccc32)cc1. The van der Waals surface area contributed by atoms with Crippen molar-refractivity contribution in [3.63, 3.8) is 0 Å². The Morgan fingerprint density at radius 2 is 1.75 bits per heavy atom. The van der Waals surface area contributed by atoms with Crippen LogP contribution in [0.5, 0.6) is 5.75 Å². The van der Waals surface area contributed by atoms with Crippen LogP contribution in [0.15, 0.2) is 53.4 Å². The number of para-hydroxylation sites is 1. The highest BCUT2D eigenvalue weighted by Crippen LogP contribution is 2.37. The van der Waals surface area contributed by atoms with Crippen LogP contribution >= 0.6 is 0 Å². The molecule has 0 aliphatic carbocycles. The quantitative estimate of drug-likeness (QED) is 0.732. The van der Waals surface area contributed by atoms with E-state index in [2.05, 4.69) is 4.90 Å². The first-order valence-corrected chi connectivity index (χ1v) is 11.0. The molecule has 4 rings (SSSR count). The van der Waals surface area contributed by atoms with Gasteiger partial charge in [-0.3, -0.25) is 9.08 Å². The van der Waals surface area contributed by atoms with Crippen LogP contribution in [0.2, 0.25) is 0 Å². The van der Waals surface area contributed by atoms with Gasteiger partial charge in [0.2, 0.25) is 0 Å². The molecule has 0 spiro atoms. The maximum atomic E-state index is 12.9. The number of fused-ring (bicyclic) bond motifs is 1. The van der Waals surface area contributed by atoms with Crippen molar-refractivity contribution in [1.82, 2.24) is 4.90 Å². The van der Waals surface area contributed by atoms with Crippen LogP contribution in [0.25, 0.3) is 0 Å². The average molecular weight is 404 g/mol. The molecule has 2 aliphatic heterocycles. The van der Waals surface area contributed by atoms with E-state index in [-0.39, 0.29) is 10.9 Å². The van der Waals surface area contributed by atoms with Gasteiger partial charge >= 0.3 is 0 Å². The van der Waals surface area contributed by atoms with Crippen LogP contribution in [-0.4, -0.2) is 52.3 Å². The van der Waals surface area contributed by atoms with Gasteiger partial charge in [-0.2, -0.15) is 8.42 Å². The molecule has 2 aromatic rings. The number of nitrogens with zero attached hydrogens (tertiary/aromatic N) is 1. The van der Waals surface area contributed by atoms with E-state index in [0.717, 1.165) is 24.2 Å². The summed E-state index contributed by atoms with van der Waals surface area (Å²) in [6.45, 7) is 5.39. The highest BCUT2D eigenvalue weighted by atomic mass is 32.2. The highest BCUT2D eigenvalue weighted by Gasteiger charge is 2.33. The summed E-state index contributed by atoms with van der Waals surface area (Å²) in [4.78, 5) is 2.47. The first-order valence-electron chi connectivity index (χ1n) is 9.56. The van der Waals surface area contributed by atoms with E-state index >= 15 is 0 Å². The molecule has 0 aromatic heterocycles. The maximum absolute atomic E-state index is 12.9. The standard InChI is InChI=1S/C21H25NO5S/c1-16-6-8-18(9-7-16)28(23,24)27-21-14-17(22-10-12-25-13-11-22)15-26-20-5-3-2-4-19(20)21/h2-9,17,21H,10-15H2,1H3/t17-,21-/m0/s1. The van der Waals surface area contributed by atoms with Crippen molar-refractivity contribution in [1.29, 1.82) is 0 Å². The molecule has 2 heterocycles. The number of hydrogen-bond donors (Lipinski definition) is 0. The Kier molecular flexibility index (Phi) is 5.68. The zero-order valence-corrected chi connectivity index (χ0v) is 16.7. The zero-order chi connectivity index (χ0) is 19.6. The van der Waals surface area contributed by atoms with Crippen molar-refractivity contribution in [3.05, 3.63) is 59.7 Å². The molecule has 7 heteroatoms. The van der Waals surface area contributed by atoms with Crippen molar-refractivity contribution in [2.24, 2.45) is 0 Å². The molecule has 2 aliphatic rings. The number of ether oxygens (including phenoxy) is 2. The van der Waals surface area contributed by atoms with Crippen molar-refractivity contribution in [3.8, 4) is 5.75 Å². The third-order valence-electron chi connectivity index (χ3n) is 5.30. The predicted molar refractivity (Wildman–Crippen MR) is 105 cm³/mol. The van der Waals surface area contributed by atoms with Crippen LogP contribution in [0.1, 0.15) is 23.7 Å². The van der Waals surface area contributed by atoms with Crippen LogP contribution in [-0.2, 0) is 19.0 Å². The molecule has 150 valence electrons. The number of benzene rings is 2. The summed E-state index contributed by atoms with van der Waals surface area (Å²) in [6.07, 6.45) is -0.0555. The zero-order valence-electron chi connectivity index (χ0n) is 15.9. The third kappa shape index (κ3) is 4.22. The Morgan fingerprint density at radius 3 is 2.50 bits per heavy atom. The molecule has 2 aromatic carbocycles. The lowest BCUT2D eigenvalue weighted by molar-refractivity contribution is -0.00160. The van der Waals surface area contributed by atoms with Crippen molar-refractivity contribution in [2.75, 3.05) is 32.9 Å². The number of rotatable bonds is 4. The smallest absolute Gasteiger partial charge is 0.297 e. The first-order chi connectivity index (χ1) is 13.5. The molecule has 0 N–H and O–H groups in total. The van der Waals surface area contributed by atoms with Gasteiger partial charge in [0.25, 0.3) is 10.1 Å². The van der Waals surface area contributed by atoms with Crippen LogP contribution in [0.4, 0.5) is 0 Å². The molecule has 1 fully saturated rings. The highest BCUT2D eigenvalue weighted by molar-refractivity contribution is 7.86. The Labute approximate surface area is 166 Å². The van der Waals surface area contributed by atoms with Gasteiger partial charge in [-0.15, -0.1) is 0 Å². The molecule has 0 radical (unpaired) electrons. The van der Waals surface area contributed by atoms with Gasteiger partial charge < -0.3 is 9.47 Å². The van der Waals surface area contributed by atoms with E-state index in [1.807, 2.05) is 31.2 Å². The van der Waals surface area contributed by atoms with Crippen LogP contribution < -0.4 is 4.74 Å². The molecule has 0 unspecified atom stereocenters. The first kappa shape index (κ1) is 19.4. The molecular weight excluding hydrogens is 378 g/mol. The Balaban J connectivity index is 1.62. The van der Waals surface area contributed by atoms with Crippen LogP contribution in [0.3, 0.4) is 0 Å². The van der Waals surface area contributed by atoms with Gasteiger partial charge in [0, 0.05) is 24.7 Å². The minimum atomic E-state index is -3.89. The van der Waals surface area contributed by atoms with E-state index in [9.17, 15) is 8.42 Å². The fourth-order valence-electron chi connectivity index (χ4n) is 3.71. The van der Waals surface area contributed by atoms with E-state index in [4.69, 9.17) is 13.7 Å². The lowest BCUT2D eigenvalue weighted by atomic mass is 10.0. The summed E-state index contributed by atoms with van der Waals surface area (Å²) in [5, 5.41) is 0. The molecular formula is C21H25NO5S. The topological polar surface area (TPSA) is 65.1 Å². The summed E-state index contributed by atoms with van der Waals surface area (Å²) in [6, 6.07) is 14.3. The van der Waals surface area contributed by atoms with Gasteiger partial charge in [0.15, 0.2) is 0 Å². The van der Waals surface area contributed by atoms with E-state index in [1.54, 1.807) is 24.3 Å². The molecule has 1 saturated heterocycles. The molecule has 0 bridgehead atoms. The van der Waals surface area contributed by atoms with Crippen molar-refractivity contribution in [2.45, 2.75) is 30.4 Å². The van der Waals surface area contributed by atoms with Gasteiger partial charge in [0.1, 0.15) is 18.5 Å². The number of morpholine rings is 1. The van der Waals surface area contributed by atoms with E-state index in [0.29, 0.717) is 32.0 Å². The molecule has 0 saturated carbocycles. The van der Waals surface area contributed by atoms with E-state index in [1.165, 1.54) is 0 Å². The summed E-state index contributed by atoms with van der Waals surface area (Å²) in [5.74, 6) is 0.683. The summed E-state index contributed by atoms with van der Waals surface area (Å²) < 4.78 is 43.1. The Hall–Kier alpha value is -1.93. The molecule has 6 nitrogen and oxygen atoms in total. The third-order valence-corrected chi connectivity index (χ3v) is 6.63. The largest absolute Gasteiger partial charge is 0.492 e. The molecule has 2 atom stereocenters. The summed E-state index contributed by atoms with van der Waals surface area (Å²) in [7, 11) is -3.89. The summed E-state index contributed by atoms with van der Waals surface area (Å²) >= 11 is 0. The molecule has 0 amide bonds. The number of aryl methyl sites for hydroxylation is 1. The van der Waals surface area contributed by atoms with Crippen molar-refractivity contribution < 1.29 is 22.1 Å². The number of hydrogen-bond acceptors (Lipinski definition) is 6. The van der Waals surface area contributed by atoms with Crippen LogP contribution in [0, 0.1) is 6.92 Å². The lowest BCUT2D eigenvalue weighted by Crippen LogP contribution is -2.46. The minimum Gasteiger partial charge on any atom is -0.492 e. The normalized spacial score (nSPS) is 23.5. The lowest BCUT2D eigenvalue weighted by Gasteiger charge is -2.34. The van der Waals surface area contributed by atoms with Gasteiger partial charge in [0.05, 0.1) is 18.1 Å². The average Bonchev–Trinajstić information content (AvgIpc) is 2.89. The second-order valence-corrected chi connectivity index (χ2v) is 8.81. The van der Waals surface area contributed by atoms with Gasteiger partial charge in [-0.1, -0.05) is 35.9 Å². The monoisotopic (exact) mass is 403 g/mol. The second-order valence-electron chi connectivity index (χ2n) is 7.24. The Morgan fingerprint density at radius 1 is 1.04 bits per heavy atom.